The molecule has 1 saturated carbocycles. The minimum Gasteiger partial charge on any atom is -0.486 e. The Morgan fingerprint density at radius 1 is 1.10 bits per heavy atom. The van der Waals surface area contributed by atoms with Crippen molar-refractivity contribution in [3.05, 3.63) is 71.6 Å². The zero-order valence-corrected chi connectivity index (χ0v) is 23.7. The van der Waals surface area contributed by atoms with Crippen LogP contribution in [0.3, 0.4) is 0 Å². The summed E-state index contributed by atoms with van der Waals surface area (Å²) < 4.78 is 11.0. The van der Waals surface area contributed by atoms with E-state index in [4.69, 9.17) is 9.15 Å². The Kier molecular flexibility index (Phi) is 8.66. The van der Waals surface area contributed by atoms with Gasteiger partial charge in [0.2, 0.25) is 5.91 Å². The lowest BCUT2D eigenvalue weighted by Gasteiger charge is -2.32. The molecule has 3 N–H and O–H groups in total. The highest BCUT2D eigenvalue weighted by Gasteiger charge is 2.35. The van der Waals surface area contributed by atoms with Gasteiger partial charge in [0.25, 0.3) is 5.91 Å². The van der Waals surface area contributed by atoms with Crippen molar-refractivity contribution in [1.29, 1.82) is 0 Å². The molecule has 3 aliphatic rings. The van der Waals surface area contributed by atoms with Crippen LogP contribution in [0.25, 0.3) is 0 Å². The normalized spacial score (nSPS) is 18.3. The molecule has 42 heavy (non-hydrogen) atoms. The minimum atomic E-state index is -0.692. The third-order valence-electron chi connectivity index (χ3n) is 8.21. The Labute approximate surface area is 245 Å². The lowest BCUT2D eigenvalue weighted by Crippen LogP contribution is -2.43. The van der Waals surface area contributed by atoms with Gasteiger partial charge in [-0.15, -0.1) is 0 Å². The summed E-state index contributed by atoms with van der Waals surface area (Å²) in [5, 5.41) is 17.0. The summed E-state index contributed by atoms with van der Waals surface area (Å²) in [5.74, 6) is 2.43. The van der Waals surface area contributed by atoms with Gasteiger partial charge in [0.05, 0.1) is 12.3 Å². The smallest absolute Gasteiger partial charge is 0.251 e. The van der Waals surface area contributed by atoms with Crippen molar-refractivity contribution in [2.75, 3.05) is 38.0 Å². The van der Waals surface area contributed by atoms with Gasteiger partial charge in [0.1, 0.15) is 18.2 Å². The van der Waals surface area contributed by atoms with E-state index in [1.165, 1.54) is 17.5 Å². The number of oxazole rings is 1. The lowest BCUT2D eigenvalue weighted by atomic mass is 9.99. The van der Waals surface area contributed by atoms with E-state index in [-0.39, 0.29) is 24.4 Å². The number of benzene rings is 1. The second kappa shape index (κ2) is 12.9. The molecule has 6 rings (SSSR count). The monoisotopic (exact) mass is 574 g/mol. The van der Waals surface area contributed by atoms with Crippen LogP contribution in [0, 0.1) is 5.92 Å². The van der Waals surface area contributed by atoms with E-state index in [0.29, 0.717) is 36.2 Å². The molecule has 1 aliphatic carbocycles. The third-order valence-corrected chi connectivity index (χ3v) is 8.21. The van der Waals surface area contributed by atoms with Crippen molar-refractivity contribution in [2.45, 2.75) is 57.4 Å². The molecule has 2 amide bonds. The van der Waals surface area contributed by atoms with Crippen LogP contribution in [-0.2, 0) is 24.4 Å². The van der Waals surface area contributed by atoms with Crippen LogP contribution in [0.15, 0.2) is 53.5 Å². The lowest BCUT2D eigenvalue weighted by molar-refractivity contribution is -0.133. The third kappa shape index (κ3) is 7.27. The number of anilines is 1. The predicted molar refractivity (Wildman–Crippen MR) is 155 cm³/mol. The Morgan fingerprint density at radius 2 is 1.95 bits per heavy atom. The van der Waals surface area contributed by atoms with Crippen LogP contribution in [0.2, 0.25) is 0 Å². The highest BCUT2D eigenvalue weighted by atomic mass is 16.5. The summed E-state index contributed by atoms with van der Waals surface area (Å²) in [4.78, 5) is 37.6. The van der Waals surface area contributed by atoms with E-state index in [0.717, 1.165) is 64.0 Å². The maximum absolute atomic E-state index is 12.8. The molecule has 0 bridgehead atoms. The molecule has 2 aromatic heterocycles. The molecular weight excluding hydrogens is 536 g/mol. The Morgan fingerprint density at radius 3 is 2.74 bits per heavy atom. The summed E-state index contributed by atoms with van der Waals surface area (Å²) >= 11 is 0. The second-order valence-corrected chi connectivity index (χ2v) is 11.5. The molecule has 1 saturated heterocycles. The van der Waals surface area contributed by atoms with Crippen LogP contribution in [0.1, 0.15) is 52.9 Å². The van der Waals surface area contributed by atoms with Crippen LogP contribution in [-0.4, -0.2) is 81.6 Å². The first-order valence-corrected chi connectivity index (χ1v) is 14.8. The molecule has 1 aromatic carbocycles. The van der Waals surface area contributed by atoms with Crippen LogP contribution in [0.4, 0.5) is 5.82 Å². The fourth-order valence-electron chi connectivity index (χ4n) is 5.67. The van der Waals surface area contributed by atoms with E-state index >= 15 is 0 Å². The first-order chi connectivity index (χ1) is 20.5. The standard InChI is InChI=1S/C31H38N6O5/c38-26(18-36-10-6-22-13-27(4-3-24(22)17-36)41-19-28-16-32-20-42-28)15-34-30(39)23-5-9-33-29(14-23)35-25-7-11-37(12-8-25)31(40)21-1-2-21/h3-5,9,13-14,16,20-21,25-26,38H,1-2,6-8,10-12,15,17-19H2,(H,33,35)(H,34,39)/t26-/m0/s1. The molecule has 2 fully saturated rings. The molecule has 4 heterocycles. The molecule has 0 spiro atoms. The number of hydrogen-bond donors (Lipinski definition) is 3. The largest absolute Gasteiger partial charge is 0.486 e. The first-order valence-electron chi connectivity index (χ1n) is 14.8. The number of pyridine rings is 1. The van der Waals surface area contributed by atoms with Gasteiger partial charge in [-0.3, -0.25) is 14.5 Å². The van der Waals surface area contributed by atoms with E-state index in [2.05, 4.69) is 37.6 Å². The summed E-state index contributed by atoms with van der Waals surface area (Å²) in [5.41, 5.74) is 2.94. The van der Waals surface area contributed by atoms with Gasteiger partial charge >= 0.3 is 0 Å². The van der Waals surface area contributed by atoms with E-state index in [1.54, 1.807) is 24.5 Å². The SMILES string of the molecule is O=C(NC[C@H](O)CN1CCc2cc(OCc3cnco3)ccc2C1)c1ccnc(NC2CCN(C(=O)C3CC3)CC2)c1. The molecular formula is C31H38N6O5. The average molecular weight is 575 g/mol. The number of fused-ring (bicyclic) bond motifs is 1. The molecule has 2 aliphatic heterocycles. The van der Waals surface area contributed by atoms with Gasteiger partial charge in [-0.25, -0.2) is 9.97 Å². The van der Waals surface area contributed by atoms with Gasteiger partial charge in [-0.05, 0) is 67.5 Å². The number of piperidine rings is 1. The number of aliphatic hydroxyl groups is 1. The molecule has 3 aromatic rings. The maximum atomic E-state index is 12.8. The molecule has 11 nitrogen and oxygen atoms in total. The number of amides is 2. The van der Waals surface area contributed by atoms with Gasteiger partial charge in [0, 0.05) is 63.0 Å². The number of ether oxygens (including phenoxy) is 1. The number of rotatable bonds is 11. The van der Waals surface area contributed by atoms with Gasteiger partial charge < -0.3 is 29.8 Å². The quantitative estimate of drug-likeness (QED) is 0.316. The summed E-state index contributed by atoms with van der Waals surface area (Å²) in [6.45, 7) is 4.03. The first kappa shape index (κ1) is 28.2. The number of likely N-dealkylation sites (tertiary alicyclic amines) is 1. The predicted octanol–water partition coefficient (Wildman–Crippen LogP) is 2.61. The summed E-state index contributed by atoms with van der Waals surface area (Å²) in [7, 11) is 0. The van der Waals surface area contributed by atoms with Crippen LogP contribution < -0.4 is 15.4 Å². The van der Waals surface area contributed by atoms with Gasteiger partial charge in [0.15, 0.2) is 12.2 Å². The zero-order valence-electron chi connectivity index (χ0n) is 23.7. The number of β-amino-alcohol motifs (C(OH)–C–C–N with tert-alkyl or cyclic N) is 1. The molecule has 11 heteroatoms. The topological polar surface area (TPSA) is 133 Å². The second-order valence-electron chi connectivity index (χ2n) is 11.5. The van der Waals surface area contributed by atoms with Gasteiger partial charge in [-0.1, -0.05) is 6.07 Å². The summed E-state index contributed by atoms with van der Waals surface area (Å²) in [6.07, 6.45) is 8.61. The number of nitrogens with zero attached hydrogens (tertiary/aromatic N) is 4. The average Bonchev–Trinajstić information content (AvgIpc) is 3.73. The number of carbonyl (C=O) groups excluding carboxylic acids is 2. The number of carbonyl (C=O) groups is 2. The van der Waals surface area contributed by atoms with Crippen molar-refractivity contribution in [1.82, 2.24) is 25.1 Å². The highest BCUT2D eigenvalue weighted by Crippen LogP contribution is 2.32. The highest BCUT2D eigenvalue weighted by molar-refractivity contribution is 5.94. The number of nitrogens with one attached hydrogen (secondary N) is 2. The molecule has 1 atom stereocenters. The van der Waals surface area contributed by atoms with E-state index in [9.17, 15) is 14.7 Å². The molecule has 0 radical (unpaired) electrons. The van der Waals surface area contributed by atoms with Crippen molar-refractivity contribution in [3.8, 4) is 5.75 Å². The van der Waals surface area contributed by atoms with Crippen molar-refractivity contribution < 1.29 is 23.8 Å². The number of aromatic nitrogens is 2. The van der Waals surface area contributed by atoms with E-state index in [1.807, 2.05) is 11.0 Å². The van der Waals surface area contributed by atoms with Crippen LogP contribution in [0.5, 0.6) is 5.75 Å². The molecule has 222 valence electrons. The van der Waals surface area contributed by atoms with Crippen molar-refractivity contribution in [3.63, 3.8) is 0 Å². The molecule has 0 unspecified atom stereocenters. The summed E-state index contributed by atoms with van der Waals surface area (Å²) in [6, 6.07) is 9.72. The Hall–Kier alpha value is -3.96. The van der Waals surface area contributed by atoms with E-state index < -0.39 is 6.10 Å². The van der Waals surface area contributed by atoms with Gasteiger partial charge in [-0.2, -0.15) is 0 Å². The Bertz CT molecular complexity index is 1370. The fraction of sp³-hybridized carbons (Fsp3) is 0.484. The van der Waals surface area contributed by atoms with Crippen LogP contribution >= 0.6 is 0 Å². The van der Waals surface area contributed by atoms with Crippen molar-refractivity contribution >= 4 is 17.6 Å². The van der Waals surface area contributed by atoms with Crippen molar-refractivity contribution in [2.24, 2.45) is 5.92 Å². The fourth-order valence-corrected chi connectivity index (χ4v) is 5.67. The Balaban J connectivity index is 0.927. The zero-order chi connectivity index (χ0) is 28.9. The number of aliphatic hydroxyl groups excluding tert-OH is 1. The minimum absolute atomic E-state index is 0.162. The number of hydrogen-bond acceptors (Lipinski definition) is 9. The maximum Gasteiger partial charge on any atom is 0.251 e.